The minimum absolute atomic E-state index is 0.0288. The number of ether oxygens (including phenoxy) is 2. The first kappa shape index (κ1) is 17.1. The SMILES string of the molecule is CC1=C(C(=O)Nc2cnc(-c3cc4c(cc3C)OC(F)(F)O4)cn2)N=CC1. The smallest absolute Gasteiger partial charge is 0.395 e. The number of hydrogen-bond donors (Lipinski definition) is 1. The van der Waals surface area contributed by atoms with Gasteiger partial charge in [-0.15, -0.1) is 8.78 Å². The van der Waals surface area contributed by atoms with Crippen LogP contribution >= 0.6 is 0 Å². The fraction of sp³-hybridized carbons (Fsp3) is 0.222. The normalized spacial score (nSPS) is 16.7. The van der Waals surface area contributed by atoms with E-state index in [1.54, 1.807) is 13.1 Å². The molecule has 1 amide bonds. The van der Waals surface area contributed by atoms with E-state index in [1.807, 2.05) is 6.92 Å². The number of carbonyl (C=O) groups is 1. The molecular weight excluding hydrogens is 358 g/mol. The van der Waals surface area contributed by atoms with Crippen molar-refractivity contribution < 1.29 is 23.0 Å². The predicted octanol–water partition coefficient (Wildman–Crippen LogP) is 3.46. The molecule has 0 saturated heterocycles. The Balaban J connectivity index is 1.56. The van der Waals surface area contributed by atoms with Gasteiger partial charge < -0.3 is 14.8 Å². The van der Waals surface area contributed by atoms with Crippen molar-refractivity contribution in [3.8, 4) is 22.8 Å². The number of halogens is 2. The van der Waals surface area contributed by atoms with Gasteiger partial charge in [0.25, 0.3) is 5.91 Å². The second-order valence-corrected chi connectivity index (χ2v) is 6.17. The number of nitrogens with one attached hydrogen (secondary N) is 1. The minimum Gasteiger partial charge on any atom is -0.395 e. The van der Waals surface area contributed by atoms with Gasteiger partial charge in [0.15, 0.2) is 17.3 Å². The summed E-state index contributed by atoms with van der Waals surface area (Å²) >= 11 is 0. The van der Waals surface area contributed by atoms with Gasteiger partial charge in [0, 0.05) is 18.2 Å². The lowest BCUT2D eigenvalue weighted by molar-refractivity contribution is -0.286. The Morgan fingerprint density at radius 2 is 1.89 bits per heavy atom. The maximum absolute atomic E-state index is 13.2. The van der Waals surface area contributed by atoms with Crippen LogP contribution in [0.5, 0.6) is 11.5 Å². The third-order valence-corrected chi connectivity index (χ3v) is 4.15. The van der Waals surface area contributed by atoms with Gasteiger partial charge in [-0.1, -0.05) is 0 Å². The largest absolute Gasteiger partial charge is 0.586 e. The Morgan fingerprint density at radius 3 is 2.52 bits per heavy atom. The molecule has 1 aromatic heterocycles. The van der Waals surface area contributed by atoms with E-state index in [0.717, 1.165) is 5.57 Å². The van der Waals surface area contributed by atoms with E-state index < -0.39 is 6.29 Å². The number of nitrogens with zero attached hydrogens (tertiary/aromatic N) is 3. The highest BCUT2D eigenvalue weighted by atomic mass is 19.3. The van der Waals surface area contributed by atoms with Gasteiger partial charge in [-0.05, 0) is 37.1 Å². The predicted molar refractivity (Wildman–Crippen MR) is 92.8 cm³/mol. The number of amides is 1. The average Bonchev–Trinajstić information content (AvgIpc) is 3.16. The van der Waals surface area contributed by atoms with Crippen LogP contribution in [0, 0.1) is 6.92 Å². The van der Waals surface area contributed by atoms with Crippen LogP contribution in [0.1, 0.15) is 18.9 Å². The van der Waals surface area contributed by atoms with E-state index in [9.17, 15) is 13.6 Å². The number of carbonyl (C=O) groups excluding carboxylic acids is 1. The second-order valence-electron chi connectivity index (χ2n) is 6.17. The zero-order valence-electron chi connectivity index (χ0n) is 14.4. The fourth-order valence-corrected chi connectivity index (χ4v) is 2.81. The highest BCUT2D eigenvalue weighted by Gasteiger charge is 2.43. The first-order valence-corrected chi connectivity index (χ1v) is 8.09. The van der Waals surface area contributed by atoms with Crippen molar-refractivity contribution in [2.24, 2.45) is 4.99 Å². The van der Waals surface area contributed by atoms with Gasteiger partial charge in [0.2, 0.25) is 0 Å². The molecule has 3 heterocycles. The Bertz CT molecular complexity index is 1000. The summed E-state index contributed by atoms with van der Waals surface area (Å²) in [6.07, 6.45) is 1.47. The van der Waals surface area contributed by atoms with Crippen molar-refractivity contribution in [3.63, 3.8) is 0 Å². The molecule has 7 nitrogen and oxygen atoms in total. The van der Waals surface area contributed by atoms with Crippen LogP contribution in [0.15, 0.2) is 40.8 Å². The number of rotatable bonds is 3. The first-order valence-electron chi connectivity index (χ1n) is 8.09. The van der Waals surface area contributed by atoms with Crippen molar-refractivity contribution in [2.45, 2.75) is 26.6 Å². The lowest BCUT2D eigenvalue weighted by Gasteiger charge is -2.08. The summed E-state index contributed by atoms with van der Waals surface area (Å²) in [6, 6.07) is 2.88. The molecule has 0 atom stereocenters. The molecule has 0 radical (unpaired) electrons. The molecule has 0 fully saturated rings. The molecule has 1 N–H and O–H groups in total. The van der Waals surface area contributed by atoms with Gasteiger partial charge in [-0.3, -0.25) is 14.8 Å². The number of aliphatic imine (C=N–C) groups is 1. The summed E-state index contributed by atoms with van der Waals surface area (Å²) < 4.78 is 35.3. The Morgan fingerprint density at radius 1 is 1.15 bits per heavy atom. The molecule has 1 aromatic carbocycles. The number of allylic oxidation sites excluding steroid dienone is 1. The fourth-order valence-electron chi connectivity index (χ4n) is 2.81. The number of aromatic nitrogens is 2. The second kappa shape index (κ2) is 6.11. The van der Waals surface area contributed by atoms with Crippen molar-refractivity contribution >= 4 is 17.9 Å². The van der Waals surface area contributed by atoms with Gasteiger partial charge in [0.1, 0.15) is 5.70 Å². The zero-order valence-corrected chi connectivity index (χ0v) is 14.4. The van der Waals surface area contributed by atoms with Crippen LogP contribution in [0.4, 0.5) is 14.6 Å². The molecule has 9 heteroatoms. The van der Waals surface area contributed by atoms with Crippen LogP contribution < -0.4 is 14.8 Å². The highest BCUT2D eigenvalue weighted by molar-refractivity contribution is 6.05. The van der Waals surface area contributed by atoms with E-state index in [0.29, 0.717) is 28.9 Å². The minimum atomic E-state index is -3.68. The molecule has 0 unspecified atom stereocenters. The van der Waals surface area contributed by atoms with Gasteiger partial charge in [-0.25, -0.2) is 4.98 Å². The summed E-state index contributed by atoms with van der Waals surface area (Å²) in [4.78, 5) is 24.6. The molecule has 2 aliphatic rings. The Labute approximate surface area is 152 Å². The lowest BCUT2D eigenvalue weighted by atomic mass is 10.1. The van der Waals surface area contributed by atoms with Gasteiger partial charge in [0.05, 0.1) is 18.1 Å². The topological polar surface area (TPSA) is 85.7 Å². The van der Waals surface area contributed by atoms with Gasteiger partial charge in [-0.2, -0.15) is 0 Å². The molecule has 2 aromatic rings. The number of benzene rings is 1. The van der Waals surface area contributed by atoms with E-state index in [1.165, 1.54) is 24.5 Å². The molecule has 4 rings (SSSR count). The Kier molecular flexibility index (Phi) is 3.87. The lowest BCUT2D eigenvalue weighted by Crippen LogP contribution is -2.25. The maximum atomic E-state index is 13.2. The van der Waals surface area contributed by atoms with Crippen molar-refractivity contribution in [1.29, 1.82) is 0 Å². The van der Waals surface area contributed by atoms with Crippen LogP contribution in [0.3, 0.4) is 0 Å². The molecule has 138 valence electrons. The third-order valence-electron chi connectivity index (χ3n) is 4.15. The summed E-state index contributed by atoms with van der Waals surface area (Å²) in [7, 11) is 0. The Hall–Kier alpha value is -3.36. The van der Waals surface area contributed by atoms with Crippen molar-refractivity contribution in [2.75, 3.05) is 5.32 Å². The zero-order chi connectivity index (χ0) is 19.2. The number of hydrogen-bond acceptors (Lipinski definition) is 6. The van der Waals surface area contributed by atoms with Gasteiger partial charge >= 0.3 is 6.29 Å². The highest BCUT2D eigenvalue weighted by Crippen LogP contribution is 2.44. The van der Waals surface area contributed by atoms with Crippen LogP contribution in [0.2, 0.25) is 0 Å². The molecule has 0 saturated carbocycles. The van der Waals surface area contributed by atoms with Crippen LogP contribution in [0.25, 0.3) is 11.3 Å². The molecule has 0 aliphatic carbocycles. The molecular formula is C18H14F2N4O3. The molecule has 0 bridgehead atoms. The summed E-state index contributed by atoms with van der Waals surface area (Å²) in [5, 5.41) is 2.63. The van der Waals surface area contributed by atoms with Crippen molar-refractivity contribution in [1.82, 2.24) is 9.97 Å². The molecule has 2 aliphatic heterocycles. The standard InChI is InChI=1S/C18H14F2N4O3/c1-9-3-4-21-16(9)17(25)24-15-8-22-12(7-23-15)11-6-14-13(5-10(11)2)26-18(19,20)27-14/h4-8H,3H2,1-2H3,(H,23,24,25). The average molecular weight is 372 g/mol. The number of alkyl halides is 2. The molecule has 27 heavy (non-hydrogen) atoms. The maximum Gasteiger partial charge on any atom is 0.586 e. The monoisotopic (exact) mass is 372 g/mol. The van der Waals surface area contributed by atoms with Crippen LogP contribution in [-0.4, -0.2) is 28.4 Å². The molecule has 0 spiro atoms. The van der Waals surface area contributed by atoms with Crippen LogP contribution in [-0.2, 0) is 4.79 Å². The summed E-state index contributed by atoms with van der Waals surface area (Å²) in [5.41, 5.74) is 2.93. The number of aryl methyl sites for hydroxylation is 1. The van der Waals surface area contributed by atoms with E-state index in [4.69, 9.17) is 0 Å². The number of anilines is 1. The summed E-state index contributed by atoms with van der Waals surface area (Å²) in [5.74, 6) is -0.194. The summed E-state index contributed by atoms with van der Waals surface area (Å²) in [6.45, 7) is 3.57. The number of fused-ring (bicyclic) bond motifs is 1. The third kappa shape index (κ3) is 3.23. The first-order chi connectivity index (χ1) is 12.8. The van der Waals surface area contributed by atoms with E-state index >= 15 is 0 Å². The van der Waals surface area contributed by atoms with E-state index in [-0.39, 0.29) is 23.2 Å². The quantitative estimate of drug-likeness (QED) is 0.892. The van der Waals surface area contributed by atoms with E-state index in [2.05, 4.69) is 29.8 Å². The van der Waals surface area contributed by atoms with Crippen molar-refractivity contribution in [3.05, 3.63) is 41.4 Å².